The Balaban J connectivity index is 1.77. The molecule has 3 unspecified atom stereocenters. The molecule has 3 rings (SSSR count). The number of aliphatic hydroxyl groups is 1. The largest absolute Gasteiger partial charge is 0.447 e. The van der Waals surface area contributed by atoms with Crippen molar-refractivity contribution < 1.29 is 33.7 Å². The summed E-state index contributed by atoms with van der Waals surface area (Å²) >= 11 is 0. The average Bonchev–Trinajstić information content (AvgIpc) is 3.19. The third kappa shape index (κ3) is 8.03. The van der Waals surface area contributed by atoms with Gasteiger partial charge in [-0.25, -0.2) is 14.5 Å². The maximum atomic E-state index is 13.6. The topological polar surface area (TPSA) is 114 Å². The molecular weight excluding hydrogens is 476 g/mol. The smallest absolute Gasteiger partial charge is 0.417 e. The Bertz CT molecular complexity index is 1080. The Morgan fingerprint density at radius 3 is 2.43 bits per heavy atom. The number of nitrogens with one attached hydrogen (secondary N) is 1. The highest BCUT2D eigenvalue weighted by molar-refractivity contribution is 5.96. The Hall–Kier alpha value is -3.43. The second kappa shape index (κ2) is 12.2. The molecule has 0 saturated carbocycles. The third-order valence-electron chi connectivity index (χ3n) is 5.59. The first kappa shape index (κ1) is 28.1. The van der Waals surface area contributed by atoms with Crippen LogP contribution in [0.3, 0.4) is 0 Å². The van der Waals surface area contributed by atoms with Crippen molar-refractivity contribution in [2.75, 3.05) is 6.61 Å². The van der Waals surface area contributed by atoms with Gasteiger partial charge in [0.05, 0.1) is 12.1 Å². The maximum Gasteiger partial charge on any atom is 0.417 e. The van der Waals surface area contributed by atoms with E-state index in [1.165, 1.54) is 0 Å². The lowest BCUT2D eigenvalue weighted by molar-refractivity contribution is -0.154. The van der Waals surface area contributed by atoms with Crippen molar-refractivity contribution in [1.82, 2.24) is 10.2 Å². The minimum Gasteiger partial charge on any atom is -0.447 e. The maximum absolute atomic E-state index is 13.6. The van der Waals surface area contributed by atoms with Crippen LogP contribution in [0.15, 0.2) is 54.6 Å². The number of ether oxygens (including phenoxy) is 3. The summed E-state index contributed by atoms with van der Waals surface area (Å²) in [6, 6.07) is 15.8. The lowest BCUT2D eigenvalue weighted by atomic mass is 9.99. The van der Waals surface area contributed by atoms with E-state index < -0.39 is 48.0 Å². The summed E-state index contributed by atoms with van der Waals surface area (Å²) in [6.45, 7) is 9.05. The molecule has 37 heavy (non-hydrogen) atoms. The van der Waals surface area contributed by atoms with E-state index in [0.29, 0.717) is 17.5 Å². The van der Waals surface area contributed by atoms with E-state index in [1.54, 1.807) is 58.9 Å². The molecule has 2 N–H and O–H groups in total. The van der Waals surface area contributed by atoms with E-state index >= 15 is 0 Å². The highest BCUT2D eigenvalue weighted by Crippen LogP contribution is 2.27. The van der Waals surface area contributed by atoms with E-state index in [9.17, 15) is 19.5 Å². The second-order valence-corrected chi connectivity index (χ2v) is 10.3. The van der Waals surface area contributed by atoms with Crippen LogP contribution in [0.1, 0.15) is 57.4 Å². The summed E-state index contributed by atoms with van der Waals surface area (Å²) in [6.07, 6.45) is -3.99. The van der Waals surface area contributed by atoms with Crippen LogP contribution in [0.5, 0.6) is 0 Å². The molecule has 1 aliphatic heterocycles. The number of hydrogen-bond acceptors (Lipinski definition) is 7. The first-order chi connectivity index (χ1) is 17.4. The molecule has 9 nitrogen and oxygen atoms in total. The molecular formula is C28H36N2O7. The number of imide groups is 1. The van der Waals surface area contributed by atoms with Crippen LogP contribution in [0.2, 0.25) is 0 Å². The lowest BCUT2D eigenvalue weighted by Gasteiger charge is -2.29. The summed E-state index contributed by atoms with van der Waals surface area (Å²) in [5.74, 6) is -0.665. The fourth-order valence-corrected chi connectivity index (χ4v) is 4.02. The molecule has 1 saturated heterocycles. The van der Waals surface area contributed by atoms with Crippen molar-refractivity contribution in [3.8, 4) is 0 Å². The number of carbonyl (C=O) groups is 3. The fraction of sp³-hybridized carbons (Fsp3) is 0.464. The zero-order chi connectivity index (χ0) is 27.2. The van der Waals surface area contributed by atoms with E-state index in [2.05, 4.69) is 5.32 Å². The van der Waals surface area contributed by atoms with Crippen molar-refractivity contribution in [1.29, 1.82) is 0 Å². The van der Waals surface area contributed by atoms with Gasteiger partial charge in [0.1, 0.15) is 18.3 Å². The Kier molecular flexibility index (Phi) is 9.29. The van der Waals surface area contributed by atoms with Crippen LogP contribution in [0.4, 0.5) is 9.59 Å². The zero-order valence-electron chi connectivity index (χ0n) is 22.0. The predicted octanol–water partition coefficient (Wildman–Crippen LogP) is 4.13. The molecule has 0 radical (unpaired) electrons. The van der Waals surface area contributed by atoms with Gasteiger partial charge in [-0.15, -0.1) is 0 Å². The van der Waals surface area contributed by atoms with Crippen molar-refractivity contribution in [3.05, 3.63) is 71.3 Å². The van der Waals surface area contributed by atoms with Crippen LogP contribution >= 0.6 is 0 Å². The SMILES string of the molecule is CC(C)OC(C(=O)N1C(=O)OCC1Cc1ccccc1)C(O)c1cccc(CNC(=O)OC(C)(C)C)c1. The highest BCUT2D eigenvalue weighted by Gasteiger charge is 2.44. The Morgan fingerprint density at radius 1 is 1.11 bits per heavy atom. The summed E-state index contributed by atoms with van der Waals surface area (Å²) in [5, 5.41) is 13.9. The number of hydrogen-bond donors (Lipinski definition) is 2. The van der Waals surface area contributed by atoms with Gasteiger partial charge in [-0.1, -0.05) is 54.6 Å². The normalized spacial score (nSPS) is 17.3. The number of aliphatic hydroxyl groups excluding tert-OH is 1. The van der Waals surface area contributed by atoms with Crippen LogP contribution in [0, 0.1) is 0 Å². The number of nitrogens with zero attached hydrogens (tertiary/aromatic N) is 1. The summed E-state index contributed by atoms with van der Waals surface area (Å²) in [4.78, 5) is 39.2. The molecule has 3 atom stereocenters. The van der Waals surface area contributed by atoms with E-state index in [4.69, 9.17) is 14.2 Å². The second-order valence-electron chi connectivity index (χ2n) is 10.3. The first-order valence-electron chi connectivity index (χ1n) is 12.4. The molecule has 1 heterocycles. The number of rotatable bonds is 9. The van der Waals surface area contributed by atoms with Crippen LogP contribution in [0.25, 0.3) is 0 Å². The molecule has 9 heteroatoms. The number of carbonyl (C=O) groups excluding carboxylic acids is 3. The van der Waals surface area contributed by atoms with Gasteiger partial charge in [0.15, 0.2) is 6.10 Å². The van der Waals surface area contributed by atoms with E-state index in [0.717, 1.165) is 10.5 Å². The molecule has 0 aromatic heterocycles. The number of benzene rings is 2. The number of cyclic esters (lactones) is 1. The van der Waals surface area contributed by atoms with Gasteiger partial charge in [0.2, 0.25) is 0 Å². The lowest BCUT2D eigenvalue weighted by Crippen LogP contribution is -2.49. The third-order valence-corrected chi connectivity index (χ3v) is 5.59. The number of alkyl carbamates (subject to hydrolysis) is 1. The number of amides is 3. The van der Waals surface area contributed by atoms with Crippen LogP contribution in [-0.2, 0) is 32.0 Å². The Labute approximate surface area is 217 Å². The molecule has 0 spiro atoms. The van der Waals surface area contributed by atoms with Crippen molar-refractivity contribution in [2.24, 2.45) is 0 Å². The monoisotopic (exact) mass is 512 g/mol. The van der Waals surface area contributed by atoms with Crippen LogP contribution in [-0.4, -0.2) is 58.6 Å². The van der Waals surface area contributed by atoms with Crippen LogP contribution < -0.4 is 5.32 Å². The standard InChI is InChI=1S/C28H36N2O7/c1-18(2)36-24(25(32)30-22(17-35-27(30)34)15-19-10-7-6-8-11-19)23(31)21-13-9-12-20(14-21)16-29-26(33)37-28(3,4)5/h6-14,18,22-24,31H,15-17H2,1-5H3,(H,29,33). The van der Waals surface area contributed by atoms with E-state index in [1.807, 2.05) is 30.3 Å². The molecule has 2 aromatic rings. The van der Waals surface area contributed by atoms with Gasteiger partial charge in [0.25, 0.3) is 5.91 Å². The zero-order valence-corrected chi connectivity index (χ0v) is 22.0. The van der Waals surface area contributed by atoms with Gasteiger partial charge in [-0.2, -0.15) is 0 Å². The predicted molar refractivity (Wildman–Crippen MR) is 137 cm³/mol. The summed E-state index contributed by atoms with van der Waals surface area (Å²) in [5.41, 5.74) is 1.44. The molecule has 200 valence electrons. The molecule has 0 bridgehead atoms. The minimum absolute atomic E-state index is 0.0653. The summed E-state index contributed by atoms with van der Waals surface area (Å²) in [7, 11) is 0. The fourth-order valence-electron chi connectivity index (χ4n) is 4.02. The minimum atomic E-state index is -1.36. The average molecular weight is 513 g/mol. The molecule has 3 amide bonds. The van der Waals surface area contributed by atoms with Gasteiger partial charge in [-0.3, -0.25) is 4.79 Å². The van der Waals surface area contributed by atoms with Crippen molar-refractivity contribution in [2.45, 2.75) is 77.5 Å². The van der Waals surface area contributed by atoms with Gasteiger partial charge < -0.3 is 24.6 Å². The van der Waals surface area contributed by atoms with Crippen molar-refractivity contribution >= 4 is 18.1 Å². The Morgan fingerprint density at radius 2 is 1.78 bits per heavy atom. The van der Waals surface area contributed by atoms with Crippen molar-refractivity contribution in [3.63, 3.8) is 0 Å². The van der Waals surface area contributed by atoms with Gasteiger partial charge in [0, 0.05) is 6.54 Å². The quantitative estimate of drug-likeness (QED) is 0.519. The first-order valence-corrected chi connectivity index (χ1v) is 12.4. The summed E-state index contributed by atoms with van der Waals surface area (Å²) < 4.78 is 16.3. The molecule has 0 aliphatic carbocycles. The van der Waals surface area contributed by atoms with Gasteiger partial charge >= 0.3 is 12.2 Å². The highest BCUT2D eigenvalue weighted by atomic mass is 16.6. The molecule has 2 aromatic carbocycles. The molecule has 1 aliphatic rings. The van der Waals surface area contributed by atoms with Gasteiger partial charge in [-0.05, 0) is 57.7 Å². The molecule has 1 fully saturated rings. The van der Waals surface area contributed by atoms with E-state index in [-0.39, 0.29) is 13.2 Å².